The number of rotatable bonds is 2. The number of benzene rings is 1. The molecule has 80 valence electrons. The topological polar surface area (TPSA) is 61.9 Å². The quantitative estimate of drug-likeness (QED) is 0.506. The van der Waals surface area contributed by atoms with E-state index in [9.17, 15) is 0 Å². The van der Waals surface area contributed by atoms with Gasteiger partial charge in [0.1, 0.15) is 0 Å². The zero-order chi connectivity index (χ0) is 10.8. The first-order chi connectivity index (χ1) is 7.20. The first-order valence-electron chi connectivity index (χ1n) is 5.34. The minimum absolute atomic E-state index is 0.309. The van der Waals surface area contributed by atoms with E-state index in [2.05, 4.69) is 23.5 Å². The summed E-state index contributed by atoms with van der Waals surface area (Å²) in [7, 11) is 0. The van der Waals surface area contributed by atoms with Crippen molar-refractivity contribution in [2.75, 3.05) is 0 Å². The lowest BCUT2D eigenvalue weighted by Gasteiger charge is -2.14. The Morgan fingerprint density at radius 1 is 1.60 bits per heavy atom. The Bertz CT molecular complexity index is 384. The molecule has 0 heterocycles. The number of hydrogen-bond acceptors (Lipinski definition) is 2. The van der Waals surface area contributed by atoms with Crippen molar-refractivity contribution in [2.45, 2.75) is 32.4 Å². The van der Waals surface area contributed by atoms with Crippen LogP contribution in [-0.4, -0.2) is 5.84 Å². The van der Waals surface area contributed by atoms with E-state index in [0.29, 0.717) is 18.4 Å². The smallest absolute Gasteiger partial charge is 0.0904 e. The highest BCUT2D eigenvalue weighted by Gasteiger charge is 2.22. The summed E-state index contributed by atoms with van der Waals surface area (Å²) in [6.45, 7) is 2.37. The van der Waals surface area contributed by atoms with Crippen LogP contribution in [0.15, 0.2) is 18.2 Å². The summed E-state index contributed by atoms with van der Waals surface area (Å²) in [5, 5.41) is 10.7. The number of nitrogens with two attached hydrogens (primary N) is 1. The summed E-state index contributed by atoms with van der Waals surface area (Å²) >= 11 is 0. The van der Waals surface area contributed by atoms with Gasteiger partial charge in [-0.1, -0.05) is 18.2 Å². The number of amidine groups is 1. The second kappa shape index (κ2) is 4.03. The van der Waals surface area contributed by atoms with E-state index >= 15 is 0 Å². The van der Waals surface area contributed by atoms with Crippen LogP contribution < -0.4 is 11.1 Å². The monoisotopic (exact) mass is 203 g/mol. The Balaban J connectivity index is 2.27. The van der Waals surface area contributed by atoms with Crippen molar-refractivity contribution in [1.82, 2.24) is 5.32 Å². The molecule has 2 rings (SSSR count). The van der Waals surface area contributed by atoms with Gasteiger partial charge in [0, 0.05) is 6.54 Å². The predicted molar refractivity (Wildman–Crippen MR) is 61.9 cm³/mol. The SMILES string of the molecule is CC(=N)NC1CCc2ccc(CN)cc21. The standard InChI is InChI=1S/C12H17N3/c1-8(14)15-12-5-4-10-3-2-9(7-13)6-11(10)12/h2-3,6,12H,4-5,7,13H2,1H3,(H2,14,15). The molecule has 0 aromatic heterocycles. The Morgan fingerprint density at radius 3 is 3.07 bits per heavy atom. The molecule has 1 aliphatic carbocycles. The summed E-state index contributed by atoms with van der Waals surface area (Å²) in [6, 6.07) is 6.74. The highest BCUT2D eigenvalue weighted by Crippen LogP contribution is 2.31. The molecule has 1 atom stereocenters. The lowest BCUT2D eigenvalue weighted by atomic mass is 10.0. The number of aryl methyl sites for hydroxylation is 1. The van der Waals surface area contributed by atoms with Gasteiger partial charge >= 0.3 is 0 Å². The molecule has 0 bridgehead atoms. The Labute approximate surface area is 90.2 Å². The van der Waals surface area contributed by atoms with Crippen molar-refractivity contribution in [3.05, 3.63) is 34.9 Å². The third-order valence-electron chi connectivity index (χ3n) is 2.91. The van der Waals surface area contributed by atoms with Gasteiger partial charge in [0.2, 0.25) is 0 Å². The fourth-order valence-corrected chi connectivity index (χ4v) is 2.19. The number of nitrogens with one attached hydrogen (secondary N) is 2. The van der Waals surface area contributed by atoms with E-state index in [4.69, 9.17) is 11.1 Å². The molecule has 1 aliphatic rings. The van der Waals surface area contributed by atoms with Crippen LogP contribution in [-0.2, 0) is 13.0 Å². The molecule has 0 spiro atoms. The van der Waals surface area contributed by atoms with E-state index in [1.54, 1.807) is 6.92 Å². The van der Waals surface area contributed by atoms with E-state index in [1.165, 1.54) is 16.7 Å². The molecule has 1 aromatic carbocycles. The van der Waals surface area contributed by atoms with Crippen LogP contribution in [0, 0.1) is 5.41 Å². The maximum Gasteiger partial charge on any atom is 0.0904 e. The van der Waals surface area contributed by atoms with Crippen LogP contribution in [0.25, 0.3) is 0 Å². The van der Waals surface area contributed by atoms with Gasteiger partial charge in [0.25, 0.3) is 0 Å². The van der Waals surface area contributed by atoms with Crippen molar-refractivity contribution in [3.8, 4) is 0 Å². The predicted octanol–water partition coefficient (Wildman–Crippen LogP) is 1.72. The zero-order valence-electron chi connectivity index (χ0n) is 9.01. The maximum atomic E-state index is 7.46. The van der Waals surface area contributed by atoms with Gasteiger partial charge < -0.3 is 11.1 Å². The normalized spacial score (nSPS) is 18.7. The number of fused-ring (bicyclic) bond motifs is 1. The Hall–Kier alpha value is -1.35. The zero-order valence-corrected chi connectivity index (χ0v) is 9.01. The summed E-state index contributed by atoms with van der Waals surface area (Å²) < 4.78 is 0. The van der Waals surface area contributed by atoms with Gasteiger partial charge in [-0.05, 0) is 36.5 Å². The third-order valence-corrected chi connectivity index (χ3v) is 2.91. The summed E-state index contributed by atoms with van der Waals surface area (Å²) in [6.07, 6.45) is 2.19. The molecule has 0 fully saturated rings. The average molecular weight is 203 g/mol. The van der Waals surface area contributed by atoms with Crippen LogP contribution in [0.4, 0.5) is 0 Å². The van der Waals surface area contributed by atoms with Crippen LogP contribution in [0.5, 0.6) is 0 Å². The maximum absolute atomic E-state index is 7.46. The first-order valence-corrected chi connectivity index (χ1v) is 5.34. The molecule has 0 saturated carbocycles. The summed E-state index contributed by atoms with van der Waals surface area (Å²) in [4.78, 5) is 0. The fourth-order valence-electron chi connectivity index (χ4n) is 2.19. The van der Waals surface area contributed by atoms with Crippen molar-refractivity contribution >= 4 is 5.84 Å². The Morgan fingerprint density at radius 2 is 2.40 bits per heavy atom. The summed E-state index contributed by atoms with van der Waals surface area (Å²) in [5.74, 6) is 0.533. The second-order valence-corrected chi connectivity index (χ2v) is 4.10. The van der Waals surface area contributed by atoms with Gasteiger partial charge in [-0.25, -0.2) is 0 Å². The molecule has 1 unspecified atom stereocenters. The summed E-state index contributed by atoms with van der Waals surface area (Å²) in [5.41, 5.74) is 9.52. The van der Waals surface area contributed by atoms with Gasteiger partial charge in [0.15, 0.2) is 0 Å². The second-order valence-electron chi connectivity index (χ2n) is 4.10. The van der Waals surface area contributed by atoms with E-state index < -0.39 is 0 Å². The van der Waals surface area contributed by atoms with Gasteiger partial charge in [-0.3, -0.25) is 5.41 Å². The first kappa shape index (κ1) is 10.2. The van der Waals surface area contributed by atoms with Gasteiger partial charge in [-0.2, -0.15) is 0 Å². The van der Waals surface area contributed by atoms with Crippen molar-refractivity contribution in [2.24, 2.45) is 5.73 Å². The van der Waals surface area contributed by atoms with Crippen LogP contribution in [0.2, 0.25) is 0 Å². The van der Waals surface area contributed by atoms with Crippen LogP contribution >= 0.6 is 0 Å². The molecular formula is C12H17N3. The molecule has 3 nitrogen and oxygen atoms in total. The Kier molecular flexibility index (Phi) is 2.73. The number of hydrogen-bond donors (Lipinski definition) is 3. The molecule has 0 radical (unpaired) electrons. The van der Waals surface area contributed by atoms with Crippen molar-refractivity contribution in [3.63, 3.8) is 0 Å². The molecule has 0 saturated heterocycles. The molecule has 3 heteroatoms. The van der Waals surface area contributed by atoms with Crippen molar-refractivity contribution in [1.29, 1.82) is 5.41 Å². The molecule has 1 aromatic rings. The largest absolute Gasteiger partial charge is 0.367 e. The molecular weight excluding hydrogens is 186 g/mol. The average Bonchev–Trinajstić information content (AvgIpc) is 2.60. The van der Waals surface area contributed by atoms with Gasteiger partial charge in [-0.15, -0.1) is 0 Å². The lowest BCUT2D eigenvalue weighted by molar-refractivity contribution is 0.636. The molecule has 15 heavy (non-hydrogen) atoms. The molecule has 0 amide bonds. The molecule has 0 aliphatic heterocycles. The van der Waals surface area contributed by atoms with Crippen molar-refractivity contribution < 1.29 is 0 Å². The van der Waals surface area contributed by atoms with Crippen LogP contribution in [0.3, 0.4) is 0 Å². The van der Waals surface area contributed by atoms with E-state index in [-0.39, 0.29) is 0 Å². The molecule has 4 N–H and O–H groups in total. The van der Waals surface area contributed by atoms with Crippen LogP contribution in [0.1, 0.15) is 36.1 Å². The van der Waals surface area contributed by atoms with E-state index in [0.717, 1.165) is 12.8 Å². The van der Waals surface area contributed by atoms with E-state index in [1.807, 2.05) is 0 Å². The minimum atomic E-state index is 0.309. The fraction of sp³-hybridized carbons (Fsp3) is 0.417. The third kappa shape index (κ3) is 2.02. The highest BCUT2D eigenvalue weighted by molar-refractivity contribution is 5.76. The minimum Gasteiger partial charge on any atom is -0.367 e. The highest BCUT2D eigenvalue weighted by atomic mass is 15.0. The lowest BCUT2D eigenvalue weighted by Crippen LogP contribution is -2.23. The van der Waals surface area contributed by atoms with Gasteiger partial charge in [0.05, 0.1) is 11.9 Å².